The van der Waals surface area contributed by atoms with E-state index in [1.54, 1.807) is 51.7 Å². The average Bonchev–Trinajstić information content (AvgIpc) is 2.49. The quantitative estimate of drug-likeness (QED) is 0.683. The molecule has 0 aliphatic carbocycles. The molecule has 8 heteroatoms. The molecular weight excluding hydrogens is 404 g/mol. The van der Waals surface area contributed by atoms with Gasteiger partial charge in [0, 0.05) is 12.7 Å². The zero-order valence-corrected chi connectivity index (χ0v) is 17.3. The van der Waals surface area contributed by atoms with Crippen LogP contribution in [0, 0.1) is 5.41 Å². The highest BCUT2D eigenvalue weighted by atomic mass is 79.9. The Morgan fingerprint density at radius 1 is 1.42 bits per heavy atom. The maximum Gasteiger partial charge on any atom is 0.407 e. The van der Waals surface area contributed by atoms with Crippen molar-refractivity contribution in [3.05, 3.63) is 27.7 Å². The van der Waals surface area contributed by atoms with Gasteiger partial charge < -0.3 is 19.7 Å². The molecule has 142 valence electrons. The molecule has 0 radical (unpaired) electrons. The second-order valence-electron chi connectivity index (χ2n) is 7.74. The number of ether oxygens (including phenoxy) is 2. The van der Waals surface area contributed by atoms with Crippen molar-refractivity contribution in [2.45, 2.75) is 46.3 Å². The summed E-state index contributed by atoms with van der Waals surface area (Å²) in [7, 11) is 1.40. The summed E-state index contributed by atoms with van der Waals surface area (Å²) < 4.78 is 11.1. The second kappa shape index (κ2) is 6.93. The van der Waals surface area contributed by atoms with Crippen molar-refractivity contribution in [2.75, 3.05) is 13.7 Å². The number of piperidine rings is 1. The van der Waals surface area contributed by atoms with Crippen LogP contribution < -0.4 is 5.32 Å². The molecule has 0 aromatic carbocycles. The number of rotatable bonds is 2. The van der Waals surface area contributed by atoms with Crippen molar-refractivity contribution >= 4 is 33.7 Å². The van der Waals surface area contributed by atoms with Crippen LogP contribution in [0.4, 0.5) is 4.79 Å². The number of allylic oxidation sites excluding steroid dienone is 2. The highest BCUT2D eigenvalue weighted by Crippen LogP contribution is 2.41. The van der Waals surface area contributed by atoms with Gasteiger partial charge in [0.2, 0.25) is 0 Å². The summed E-state index contributed by atoms with van der Waals surface area (Å²) in [4.78, 5) is 38.3. The van der Waals surface area contributed by atoms with Gasteiger partial charge in [-0.3, -0.25) is 4.79 Å². The number of amides is 1. The molecule has 2 rings (SSSR count). The van der Waals surface area contributed by atoms with Gasteiger partial charge in [-0.05, 0) is 36.7 Å². The first-order valence-electron chi connectivity index (χ1n) is 8.14. The van der Waals surface area contributed by atoms with E-state index >= 15 is 0 Å². The predicted octanol–water partition coefficient (Wildman–Crippen LogP) is 2.66. The van der Waals surface area contributed by atoms with E-state index in [0.29, 0.717) is 11.0 Å². The molecular formula is C18H23BrN2O5. The lowest BCUT2D eigenvalue weighted by molar-refractivity contribution is -0.129. The Morgan fingerprint density at radius 3 is 2.54 bits per heavy atom. The molecule has 0 saturated carbocycles. The number of carbonyl (C=O) groups excluding carboxylic acids is 3. The minimum atomic E-state index is -0.918. The first-order chi connectivity index (χ1) is 11.9. The van der Waals surface area contributed by atoms with Gasteiger partial charge in [-0.1, -0.05) is 13.8 Å². The number of nitrogens with one attached hydrogen (secondary N) is 1. The number of halogens is 1. The number of ketones is 1. The van der Waals surface area contributed by atoms with Gasteiger partial charge in [0.05, 0.1) is 23.0 Å². The SMILES string of the molecule is COC1=C2C(=O)C(C)(C)C(NC(=O)OC(C)(C)C)CN2C=C(Br)C1=C=O. The fraction of sp³-hybridized carbons (Fsp3) is 0.556. The Labute approximate surface area is 161 Å². The first kappa shape index (κ1) is 20.3. The van der Waals surface area contributed by atoms with Gasteiger partial charge in [-0.25, -0.2) is 9.59 Å². The van der Waals surface area contributed by atoms with E-state index in [1.165, 1.54) is 7.11 Å². The molecule has 2 heterocycles. The summed E-state index contributed by atoms with van der Waals surface area (Å²) in [5, 5.41) is 2.79. The van der Waals surface area contributed by atoms with E-state index in [0.717, 1.165) is 0 Å². The molecule has 1 saturated heterocycles. The highest BCUT2D eigenvalue weighted by molar-refractivity contribution is 9.12. The lowest BCUT2D eigenvalue weighted by atomic mass is 9.74. The van der Waals surface area contributed by atoms with Crippen molar-refractivity contribution in [3.63, 3.8) is 0 Å². The molecule has 7 nitrogen and oxygen atoms in total. The largest absolute Gasteiger partial charge is 0.493 e. The molecule has 0 spiro atoms. The normalized spacial score (nSPS) is 22.3. The Bertz CT molecular complexity index is 754. The second-order valence-corrected chi connectivity index (χ2v) is 8.59. The molecule has 1 fully saturated rings. The number of methoxy groups -OCH3 is 1. The summed E-state index contributed by atoms with van der Waals surface area (Å²) in [6, 6.07) is -0.495. The smallest absolute Gasteiger partial charge is 0.407 e. The monoisotopic (exact) mass is 426 g/mol. The fourth-order valence-corrected chi connectivity index (χ4v) is 3.37. The molecule has 1 N–H and O–H groups in total. The number of hydrogen-bond donors (Lipinski definition) is 1. The number of nitrogens with zero attached hydrogens (tertiary/aromatic N) is 1. The molecule has 2 aliphatic heterocycles. The molecule has 1 atom stereocenters. The molecule has 0 aromatic rings. The lowest BCUT2D eigenvalue weighted by Crippen LogP contribution is -2.60. The zero-order chi connectivity index (χ0) is 19.9. The third-order valence-electron chi connectivity index (χ3n) is 4.29. The van der Waals surface area contributed by atoms with Crippen molar-refractivity contribution < 1.29 is 23.9 Å². The summed E-state index contributed by atoms with van der Waals surface area (Å²) in [6.45, 7) is 9.12. The summed E-state index contributed by atoms with van der Waals surface area (Å²) in [6.07, 6.45) is 1.03. The van der Waals surface area contributed by atoms with E-state index in [-0.39, 0.29) is 22.8 Å². The third kappa shape index (κ3) is 3.71. The number of fused-ring (bicyclic) bond motifs is 1. The fourth-order valence-electron chi connectivity index (χ4n) is 2.86. The van der Waals surface area contributed by atoms with Crippen molar-refractivity contribution in [2.24, 2.45) is 5.41 Å². The Morgan fingerprint density at radius 2 is 2.04 bits per heavy atom. The highest BCUT2D eigenvalue weighted by Gasteiger charge is 2.49. The Balaban J connectivity index is 2.39. The van der Waals surface area contributed by atoms with Gasteiger partial charge in [-0.2, -0.15) is 0 Å². The molecule has 1 amide bonds. The van der Waals surface area contributed by atoms with Crippen molar-refractivity contribution in [3.8, 4) is 0 Å². The van der Waals surface area contributed by atoms with Crippen LogP contribution in [0.2, 0.25) is 0 Å². The number of hydrogen-bond acceptors (Lipinski definition) is 6. The van der Waals surface area contributed by atoms with E-state index in [4.69, 9.17) is 9.47 Å². The van der Waals surface area contributed by atoms with Crippen LogP contribution in [0.5, 0.6) is 0 Å². The number of Topliss-reactive ketones (excluding diaryl/α,β-unsaturated/α-hetero) is 1. The Kier molecular flexibility index (Phi) is 5.40. The molecule has 2 aliphatic rings. The summed E-state index contributed by atoms with van der Waals surface area (Å²) >= 11 is 3.30. The Hall–Kier alpha value is -2.05. The molecule has 26 heavy (non-hydrogen) atoms. The van der Waals surface area contributed by atoms with Crippen LogP contribution in [0.15, 0.2) is 27.7 Å². The van der Waals surface area contributed by atoms with Crippen LogP contribution in [0.1, 0.15) is 34.6 Å². The van der Waals surface area contributed by atoms with Gasteiger partial charge in [0.1, 0.15) is 22.8 Å². The maximum atomic E-state index is 13.1. The van der Waals surface area contributed by atoms with Crippen LogP contribution >= 0.6 is 15.9 Å². The third-order valence-corrected chi connectivity index (χ3v) is 4.89. The zero-order valence-electron chi connectivity index (χ0n) is 15.7. The molecule has 0 aromatic heterocycles. The average molecular weight is 427 g/mol. The van der Waals surface area contributed by atoms with E-state index in [2.05, 4.69) is 21.2 Å². The van der Waals surface area contributed by atoms with Gasteiger partial charge in [-0.15, -0.1) is 0 Å². The predicted molar refractivity (Wildman–Crippen MR) is 98.9 cm³/mol. The minimum Gasteiger partial charge on any atom is -0.493 e. The maximum absolute atomic E-state index is 13.1. The first-order valence-corrected chi connectivity index (χ1v) is 8.94. The molecule has 1 unspecified atom stereocenters. The van der Waals surface area contributed by atoms with Crippen LogP contribution in [0.3, 0.4) is 0 Å². The van der Waals surface area contributed by atoms with Gasteiger partial charge >= 0.3 is 6.09 Å². The van der Waals surface area contributed by atoms with E-state index in [1.807, 2.05) is 0 Å². The number of carbonyl (C=O) groups is 2. The van der Waals surface area contributed by atoms with Crippen molar-refractivity contribution in [1.82, 2.24) is 10.2 Å². The lowest BCUT2D eigenvalue weighted by Gasteiger charge is -2.45. The minimum absolute atomic E-state index is 0.154. The van der Waals surface area contributed by atoms with Crippen LogP contribution in [-0.2, 0) is 19.1 Å². The van der Waals surface area contributed by atoms with Gasteiger partial charge in [0.25, 0.3) is 0 Å². The van der Waals surface area contributed by atoms with Crippen LogP contribution in [-0.4, -0.2) is 48.0 Å². The number of alkyl carbamates (subject to hydrolysis) is 1. The summed E-state index contributed by atoms with van der Waals surface area (Å²) in [5.41, 5.74) is -1.13. The summed E-state index contributed by atoms with van der Waals surface area (Å²) in [5.74, 6) is 1.73. The van der Waals surface area contributed by atoms with Gasteiger partial charge in [0.15, 0.2) is 11.5 Å². The van der Waals surface area contributed by atoms with E-state index < -0.39 is 23.2 Å². The van der Waals surface area contributed by atoms with E-state index in [9.17, 15) is 14.4 Å². The molecule has 0 bridgehead atoms. The van der Waals surface area contributed by atoms with Crippen molar-refractivity contribution in [1.29, 1.82) is 0 Å². The topological polar surface area (TPSA) is 84.9 Å². The standard InChI is InChI=1S/C18H23BrN2O5/c1-17(2,3)26-16(24)20-12-8-21-7-11(19)10(9-22)14(25-6)13(21)15(23)18(12,4)5/h7,12H,8H2,1-6H3,(H,20,24). The van der Waals surface area contributed by atoms with Crippen LogP contribution in [0.25, 0.3) is 0 Å².